The van der Waals surface area contributed by atoms with Gasteiger partial charge in [0.25, 0.3) is 0 Å². The lowest BCUT2D eigenvalue weighted by Gasteiger charge is -2.23. The number of aromatic nitrogens is 2. The molecule has 2 aliphatic heterocycles. The summed E-state index contributed by atoms with van der Waals surface area (Å²) in [5.74, 6) is 1.16. The van der Waals surface area contributed by atoms with Gasteiger partial charge in [-0.15, -0.1) is 0 Å². The fraction of sp³-hybridized carbons (Fsp3) is 0.400. The Hall–Kier alpha value is -1.85. The topological polar surface area (TPSA) is 62.6 Å². The molecule has 2 aromatic rings. The number of halogens is 1. The molecule has 0 saturated carbocycles. The minimum absolute atomic E-state index is 0.127. The Morgan fingerprint density at radius 3 is 2.95 bits per heavy atom. The van der Waals surface area contributed by atoms with Gasteiger partial charge in [0.05, 0.1) is 5.52 Å². The summed E-state index contributed by atoms with van der Waals surface area (Å²) < 4.78 is 19.2. The number of nitrogens with zero attached hydrogens (tertiary/aromatic N) is 2. The Morgan fingerprint density at radius 1 is 1.36 bits per heavy atom. The van der Waals surface area contributed by atoms with Crippen LogP contribution in [0.3, 0.4) is 0 Å². The maximum absolute atomic E-state index is 11.1. The number of hydrogen-bond donors (Lipinski definition) is 0. The number of rotatable bonds is 1. The number of carbonyl (C=O) groups excluding carboxylic acids is 1. The fourth-order valence-corrected chi connectivity index (χ4v) is 3.25. The summed E-state index contributed by atoms with van der Waals surface area (Å²) in [4.78, 5) is 15.2. The third kappa shape index (κ3) is 1.89. The molecule has 114 valence electrons. The van der Waals surface area contributed by atoms with E-state index in [4.69, 9.17) is 25.8 Å². The monoisotopic (exact) mass is 320 g/mol. The molecule has 0 bridgehead atoms. The first-order valence-corrected chi connectivity index (χ1v) is 7.26. The standard InChI is InChI=1S/C15H13ClN2O4/c1-15(2)21-11-10(7-19)20-14(12(11)22-15)18-6-4-8-9(18)3-5-17-13(8)16/h3-6,11-12,14H,1-2H3/t11-,12-,14-/m1/s1. The lowest BCUT2D eigenvalue weighted by Crippen LogP contribution is -2.27. The maximum Gasteiger partial charge on any atom is 0.214 e. The molecule has 3 atom stereocenters. The summed E-state index contributed by atoms with van der Waals surface area (Å²) in [5.41, 5.74) is 0.851. The van der Waals surface area contributed by atoms with Crippen molar-refractivity contribution in [1.29, 1.82) is 0 Å². The molecule has 6 nitrogen and oxygen atoms in total. The highest BCUT2D eigenvalue weighted by molar-refractivity contribution is 6.34. The normalized spacial score (nSPS) is 29.4. The Morgan fingerprint density at radius 2 is 2.18 bits per heavy atom. The molecule has 0 unspecified atom stereocenters. The molecule has 2 aliphatic rings. The van der Waals surface area contributed by atoms with Crippen LogP contribution in [0.2, 0.25) is 5.15 Å². The zero-order valence-corrected chi connectivity index (χ0v) is 12.7. The molecule has 22 heavy (non-hydrogen) atoms. The van der Waals surface area contributed by atoms with Gasteiger partial charge in [-0.1, -0.05) is 11.6 Å². The summed E-state index contributed by atoms with van der Waals surface area (Å²) in [6.45, 7) is 3.61. The lowest BCUT2D eigenvalue weighted by atomic mass is 10.2. The van der Waals surface area contributed by atoms with E-state index in [2.05, 4.69) is 4.98 Å². The number of fused-ring (bicyclic) bond motifs is 2. The van der Waals surface area contributed by atoms with Crippen LogP contribution in [-0.4, -0.2) is 33.5 Å². The van der Waals surface area contributed by atoms with E-state index in [1.165, 1.54) is 0 Å². The molecule has 0 N–H and O–H groups in total. The molecule has 0 amide bonds. The first kappa shape index (κ1) is 13.8. The number of hydrogen-bond acceptors (Lipinski definition) is 5. The molecule has 7 heteroatoms. The smallest absolute Gasteiger partial charge is 0.214 e. The minimum atomic E-state index is -0.776. The van der Waals surface area contributed by atoms with Crippen molar-refractivity contribution in [1.82, 2.24) is 9.55 Å². The van der Waals surface area contributed by atoms with Crippen molar-refractivity contribution in [3.05, 3.63) is 35.4 Å². The van der Waals surface area contributed by atoms with Gasteiger partial charge in [-0.25, -0.2) is 9.78 Å². The van der Waals surface area contributed by atoms with Gasteiger partial charge in [-0.2, -0.15) is 0 Å². The van der Waals surface area contributed by atoms with Crippen molar-refractivity contribution in [3.63, 3.8) is 0 Å². The summed E-state index contributed by atoms with van der Waals surface area (Å²) in [7, 11) is 0. The van der Waals surface area contributed by atoms with Crippen LogP contribution in [0.5, 0.6) is 0 Å². The Kier molecular flexibility index (Phi) is 2.86. The van der Waals surface area contributed by atoms with Gasteiger partial charge in [0.1, 0.15) is 5.15 Å². The van der Waals surface area contributed by atoms with Crippen LogP contribution in [-0.2, 0) is 19.0 Å². The van der Waals surface area contributed by atoms with Crippen LogP contribution in [0.25, 0.3) is 10.9 Å². The van der Waals surface area contributed by atoms with Gasteiger partial charge in [-0.05, 0) is 26.0 Å². The Bertz CT molecular complexity index is 809. The van der Waals surface area contributed by atoms with Gasteiger partial charge in [0.15, 0.2) is 23.9 Å². The average Bonchev–Trinajstić information content (AvgIpc) is 3.10. The summed E-state index contributed by atoms with van der Waals surface area (Å²) in [5, 5.41) is 1.23. The molecule has 0 aliphatic carbocycles. The van der Waals surface area contributed by atoms with Crippen molar-refractivity contribution in [3.8, 4) is 0 Å². The van der Waals surface area contributed by atoms with E-state index in [9.17, 15) is 4.79 Å². The van der Waals surface area contributed by atoms with E-state index in [1.807, 2.05) is 28.8 Å². The second kappa shape index (κ2) is 4.57. The highest BCUT2D eigenvalue weighted by atomic mass is 35.5. The first-order chi connectivity index (χ1) is 10.5. The van der Waals surface area contributed by atoms with Gasteiger partial charge < -0.3 is 18.8 Å². The highest BCUT2D eigenvalue weighted by Gasteiger charge is 2.55. The highest BCUT2D eigenvalue weighted by Crippen LogP contribution is 2.45. The molecular weight excluding hydrogens is 308 g/mol. The molecule has 0 radical (unpaired) electrons. The summed E-state index contributed by atoms with van der Waals surface area (Å²) in [6.07, 6.45) is 1.98. The van der Waals surface area contributed by atoms with Crippen molar-refractivity contribution < 1.29 is 19.0 Å². The maximum atomic E-state index is 11.1. The number of ether oxygens (including phenoxy) is 3. The fourth-order valence-electron chi connectivity index (χ4n) is 3.04. The van der Waals surface area contributed by atoms with Crippen molar-refractivity contribution in [2.75, 3.05) is 0 Å². The third-order valence-corrected chi connectivity index (χ3v) is 4.19. The van der Waals surface area contributed by atoms with Gasteiger partial charge in [-0.3, -0.25) is 0 Å². The average molecular weight is 321 g/mol. The third-order valence-electron chi connectivity index (χ3n) is 3.89. The Labute approximate surface area is 131 Å². The van der Waals surface area contributed by atoms with Gasteiger partial charge >= 0.3 is 0 Å². The summed E-state index contributed by atoms with van der Waals surface area (Å²) >= 11 is 6.10. The molecule has 4 heterocycles. The van der Waals surface area contributed by atoms with Crippen LogP contribution in [0.1, 0.15) is 20.1 Å². The zero-order chi connectivity index (χ0) is 15.5. The second-order valence-corrected chi connectivity index (χ2v) is 6.11. The molecular formula is C15H13ClN2O4. The van der Waals surface area contributed by atoms with Crippen LogP contribution in [0, 0.1) is 0 Å². The summed E-state index contributed by atoms with van der Waals surface area (Å²) in [6, 6.07) is 3.69. The van der Waals surface area contributed by atoms with E-state index in [1.54, 1.807) is 20.0 Å². The van der Waals surface area contributed by atoms with Gasteiger partial charge in [0, 0.05) is 17.8 Å². The van der Waals surface area contributed by atoms with Crippen molar-refractivity contribution >= 4 is 28.4 Å². The van der Waals surface area contributed by atoms with Crippen molar-refractivity contribution in [2.45, 2.75) is 38.1 Å². The minimum Gasteiger partial charge on any atom is -0.457 e. The van der Waals surface area contributed by atoms with E-state index in [0.29, 0.717) is 5.15 Å². The Balaban J connectivity index is 1.82. The molecule has 0 aromatic carbocycles. The van der Waals surface area contributed by atoms with Crippen LogP contribution >= 0.6 is 11.6 Å². The van der Waals surface area contributed by atoms with Crippen molar-refractivity contribution in [2.24, 2.45) is 0 Å². The predicted octanol–water partition coefficient (Wildman–Crippen LogP) is 2.45. The molecule has 2 fully saturated rings. The van der Waals surface area contributed by atoms with E-state index in [-0.39, 0.29) is 5.76 Å². The molecule has 0 spiro atoms. The van der Waals surface area contributed by atoms with E-state index in [0.717, 1.165) is 10.9 Å². The van der Waals surface area contributed by atoms with E-state index >= 15 is 0 Å². The lowest BCUT2D eigenvalue weighted by molar-refractivity contribution is -0.173. The number of pyridine rings is 1. The second-order valence-electron chi connectivity index (χ2n) is 5.75. The van der Waals surface area contributed by atoms with Crippen LogP contribution in [0.4, 0.5) is 0 Å². The molecule has 2 aromatic heterocycles. The van der Waals surface area contributed by atoms with Crippen LogP contribution < -0.4 is 0 Å². The van der Waals surface area contributed by atoms with Gasteiger partial charge in [0.2, 0.25) is 12.0 Å². The SMILES string of the molecule is CC1(C)O[C@@H]2[C@H](O1)C(=C=O)O[C@H]2n1ccc2c(Cl)nccc21. The van der Waals surface area contributed by atoms with Crippen LogP contribution in [0.15, 0.2) is 30.3 Å². The van der Waals surface area contributed by atoms with E-state index < -0.39 is 24.2 Å². The largest absolute Gasteiger partial charge is 0.457 e. The quantitative estimate of drug-likeness (QED) is 0.596. The first-order valence-electron chi connectivity index (χ1n) is 6.88. The molecule has 4 rings (SSSR count). The predicted molar refractivity (Wildman–Crippen MR) is 77.9 cm³/mol. The zero-order valence-electron chi connectivity index (χ0n) is 11.9. The molecule has 2 saturated heterocycles.